The maximum Gasteiger partial charge on any atom is 0.163 e. The van der Waals surface area contributed by atoms with E-state index in [1.165, 1.54) is 27.8 Å². The van der Waals surface area contributed by atoms with E-state index in [4.69, 9.17) is 0 Å². The van der Waals surface area contributed by atoms with Gasteiger partial charge in [0.25, 0.3) is 0 Å². The maximum atomic E-state index is 12.5. The van der Waals surface area contributed by atoms with Crippen molar-refractivity contribution in [2.75, 3.05) is 19.0 Å². The van der Waals surface area contributed by atoms with Gasteiger partial charge in [-0.25, -0.2) is 0 Å². The fourth-order valence-electron chi connectivity index (χ4n) is 3.65. The highest BCUT2D eigenvalue weighted by molar-refractivity contribution is 5.99. The summed E-state index contributed by atoms with van der Waals surface area (Å²) in [5.41, 5.74) is 6.64. The molecule has 0 bridgehead atoms. The Balaban J connectivity index is 1.64. The van der Waals surface area contributed by atoms with Crippen molar-refractivity contribution in [3.05, 3.63) is 90.1 Å². The van der Waals surface area contributed by atoms with Crippen LogP contribution in [-0.2, 0) is 6.42 Å². The Kier molecular flexibility index (Phi) is 4.98. The molecule has 140 valence electrons. The van der Waals surface area contributed by atoms with Crippen molar-refractivity contribution in [2.45, 2.75) is 12.8 Å². The second kappa shape index (κ2) is 7.73. The lowest BCUT2D eigenvalue weighted by molar-refractivity contribution is 0.0983. The van der Waals surface area contributed by atoms with Crippen LogP contribution in [0.5, 0.6) is 0 Å². The third-order valence-electron chi connectivity index (χ3n) is 5.20. The number of hydrogen-bond acceptors (Lipinski definition) is 2. The molecule has 0 fully saturated rings. The van der Waals surface area contributed by atoms with Gasteiger partial charge in [0, 0.05) is 48.9 Å². The van der Waals surface area contributed by atoms with Crippen LogP contribution >= 0.6 is 0 Å². The van der Waals surface area contributed by atoms with E-state index < -0.39 is 0 Å². The molecule has 3 heteroatoms. The number of aromatic nitrogens is 1. The summed E-state index contributed by atoms with van der Waals surface area (Å²) in [5, 5.41) is 1.21. The Morgan fingerprint density at radius 2 is 1.64 bits per heavy atom. The first-order valence-corrected chi connectivity index (χ1v) is 9.58. The van der Waals surface area contributed by atoms with Crippen molar-refractivity contribution in [3.63, 3.8) is 0 Å². The molecule has 0 aliphatic rings. The van der Waals surface area contributed by atoms with Crippen molar-refractivity contribution in [1.82, 2.24) is 4.98 Å². The number of Topliss-reactive ketones (excluding diaryl/α,β-unsaturated/α-hetero) is 1. The number of ketones is 1. The summed E-state index contributed by atoms with van der Waals surface area (Å²) in [6.45, 7) is 0. The zero-order chi connectivity index (χ0) is 19.5. The summed E-state index contributed by atoms with van der Waals surface area (Å²) in [6.07, 6.45) is 3.27. The molecular formula is C25H24N2O. The number of fused-ring (bicyclic) bond motifs is 1. The van der Waals surface area contributed by atoms with Crippen molar-refractivity contribution < 1.29 is 4.79 Å². The van der Waals surface area contributed by atoms with Crippen LogP contribution in [0.1, 0.15) is 22.3 Å². The number of H-pyrrole nitrogens is 1. The van der Waals surface area contributed by atoms with Crippen LogP contribution in [0.4, 0.5) is 5.69 Å². The Bertz CT molecular complexity index is 1090. The number of anilines is 1. The molecule has 0 amide bonds. The molecular weight excluding hydrogens is 344 g/mol. The molecule has 28 heavy (non-hydrogen) atoms. The molecule has 0 saturated carbocycles. The van der Waals surface area contributed by atoms with E-state index in [0.717, 1.165) is 17.5 Å². The summed E-state index contributed by atoms with van der Waals surface area (Å²) >= 11 is 0. The monoisotopic (exact) mass is 368 g/mol. The largest absolute Gasteiger partial charge is 0.378 e. The van der Waals surface area contributed by atoms with Gasteiger partial charge in [0.2, 0.25) is 0 Å². The summed E-state index contributed by atoms with van der Waals surface area (Å²) in [6, 6.07) is 24.5. The Morgan fingerprint density at radius 1 is 0.893 bits per heavy atom. The molecule has 4 aromatic rings. The highest BCUT2D eigenvalue weighted by Gasteiger charge is 2.13. The number of rotatable bonds is 6. The minimum atomic E-state index is 0.183. The molecule has 0 atom stereocenters. The maximum absolute atomic E-state index is 12.5. The topological polar surface area (TPSA) is 36.1 Å². The molecule has 0 unspecified atom stereocenters. The first-order chi connectivity index (χ1) is 13.6. The van der Waals surface area contributed by atoms with Crippen LogP contribution in [0, 0.1) is 0 Å². The third-order valence-corrected chi connectivity index (χ3v) is 5.20. The summed E-state index contributed by atoms with van der Waals surface area (Å²) < 4.78 is 0. The van der Waals surface area contributed by atoms with Gasteiger partial charge in [-0.1, -0.05) is 54.6 Å². The lowest BCUT2D eigenvalue weighted by Gasteiger charge is -2.13. The number of nitrogens with one attached hydrogen (secondary N) is 1. The number of aromatic amines is 1. The van der Waals surface area contributed by atoms with E-state index in [2.05, 4.69) is 52.3 Å². The first-order valence-electron chi connectivity index (χ1n) is 9.58. The predicted octanol–water partition coefficient (Wildman–Crippen LogP) is 5.72. The van der Waals surface area contributed by atoms with Gasteiger partial charge in [0.05, 0.1) is 0 Å². The van der Waals surface area contributed by atoms with Crippen LogP contribution in [0.15, 0.2) is 79.0 Å². The van der Waals surface area contributed by atoms with E-state index in [1.54, 1.807) is 0 Å². The fraction of sp³-hybridized carbons (Fsp3) is 0.160. The molecule has 3 nitrogen and oxygen atoms in total. The van der Waals surface area contributed by atoms with Gasteiger partial charge >= 0.3 is 0 Å². The van der Waals surface area contributed by atoms with Crippen molar-refractivity contribution in [3.8, 4) is 11.1 Å². The van der Waals surface area contributed by atoms with Crippen molar-refractivity contribution >= 4 is 22.4 Å². The van der Waals surface area contributed by atoms with E-state index in [9.17, 15) is 4.79 Å². The van der Waals surface area contributed by atoms with E-state index in [0.29, 0.717) is 6.42 Å². The Hall–Kier alpha value is -3.33. The number of hydrogen-bond donors (Lipinski definition) is 1. The average molecular weight is 368 g/mol. The number of aryl methyl sites for hydroxylation is 1. The normalized spacial score (nSPS) is 10.9. The molecule has 1 N–H and O–H groups in total. The van der Waals surface area contributed by atoms with E-state index in [1.807, 2.05) is 50.6 Å². The Morgan fingerprint density at radius 3 is 2.36 bits per heavy atom. The van der Waals surface area contributed by atoms with Crippen LogP contribution in [0.2, 0.25) is 0 Å². The molecule has 3 aromatic carbocycles. The molecule has 4 rings (SSSR count). The molecule has 0 aliphatic heterocycles. The van der Waals surface area contributed by atoms with Gasteiger partial charge in [-0.05, 0) is 41.3 Å². The smallest absolute Gasteiger partial charge is 0.163 e. The summed E-state index contributed by atoms with van der Waals surface area (Å²) in [5.74, 6) is 0.183. The van der Waals surface area contributed by atoms with Gasteiger partial charge in [-0.15, -0.1) is 0 Å². The molecule has 1 heterocycles. The van der Waals surface area contributed by atoms with Crippen LogP contribution < -0.4 is 4.90 Å². The second-order valence-corrected chi connectivity index (χ2v) is 7.27. The quantitative estimate of drug-likeness (QED) is 0.442. The molecule has 0 aliphatic carbocycles. The minimum absolute atomic E-state index is 0.183. The van der Waals surface area contributed by atoms with E-state index >= 15 is 0 Å². The van der Waals surface area contributed by atoms with Gasteiger partial charge in [0.1, 0.15) is 0 Å². The zero-order valence-corrected chi connectivity index (χ0v) is 16.3. The number of nitrogens with zero attached hydrogens (tertiary/aromatic N) is 1. The predicted molar refractivity (Wildman–Crippen MR) is 117 cm³/mol. The molecule has 1 aromatic heterocycles. The fourth-order valence-corrected chi connectivity index (χ4v) is 3.65. The molecule has 0 spiro atoms. The molecule has 0 radical (unpaired) electrons. The summed E-state index contributed by atoms with van der Waals surface area (Å²) in [7, 11) is 4.09. The lowest BCUT2D eigenvalue weighted by Crippen LogP contribution is -2.07. The minimum Gasteiger partial charge on any atom is -0.378 e. The second-order valence-electron chi connectivity index (χ2n) is 7.27. The number of carbonyl (C=O) groups is 1. The standard InChI is InChI=1S/C25H24N2O/c1-27(2)21-14-11-18(12-15-21)22-9-6-10-23-25(22)20(17-26-23)13-16-24(28)19-7-4-3-5-8-19/h3-12,14-15,17,26H,13,16H2,1-2H3. The highest BCUT2D eigenvalue weighted by Crippen LogP contribution is 2.32. The Labute approximate surface area is 165 Å². The van der Waals surface area contributed by atoms with Gasteiger partial charge < -0.3 is 9.88 Å². The average Bonchev–Trinajstić information content (AvgIpc) is 3.16. The SMILES string of the molecule is CN(C)c1ccc(-c2cccc3[nH]cc(CCC(=O)c4ccccc4)c23)cc1. The van der Waals surface area contributed by atoms with Crippen LogP contribution in [-0.4, -0.2) is 24.9 Å². The van der Waals surface area contributed by atoms with Gasteiger partial charge in [0.15, 0.2) is 5.78 Å². The van der Waals surface area contributed by atoms with Gasteiger partial charge in [-0.3, -0.25) is 4.79 Å². The number of carbonyl (C=O) groups excluding carboxylic acids is 1. The zero-order valence-electron chi connectivity index (χ0n) is 16.3. The van der Waals surface area contributed by atoms with Crippen LogP contribution in [0.3, 0.4) is 0 Å². The van der Waals surface area contributed by atoms with Crippen molar-refractivity contribution in [2.24, 2.45) is 0 Å². The highest BCUT2D eigenvalue weighted by atomic mass is 16.1. The third kappa shape index (κ3) is 3.56. The van der Waals surface area contributed by atoms with Crippen molar-refractivity contribution in [1.29, 1.82) is 0 Å². The van der Waals surface area contributed by atoms with E-state index in [-0.39, 0.29) is 5.78 Å². The lowest BCUT2D eigenvalue weighted by atomic mass is 9.96. The first kappa shape index (κ1) is 18.1. The van der Waals surface area contributed by atoms with Gasteiger partial charge in [-0.2, -0.15) is 0 Å². The molecule has 0 saturated heterocycles. The van der Waals surface area contributed by atoms with Crippen LogP contribution in [0.25, 0.3) is 22.0 Å². The number of benzene rings is 3. The summed E-state index contributed by atoms with van der Waals surface area (Å²) in [4.78, 5) is 18.0.